The Balaban J connectivity index is 3.48. The van der Waals surface area contributed by atoms with Crippen LogP contribution in [0.5, 0.6) is 0 Å². The molecule has 0 aromatic heterocycles. The van der Waals surface area contributed by atoms with Crippen LogP contribution in [0.25, 0.3) is 0 Å². The van der Waals surface area contributed by atoms with Crippen molar-refractivity contribution >= 4 is 35.2 Å². The minimum Gasteiger partial charge on any atom is -0.298 e. The smallest absolute Gasteiger partial charge is 0.151 e. The van der Waals surface area contributed by atoms with Crippen molar-refractivity contribution in [3.05, 3.63) is 32.4 Å². The van der Waals surface area contributed by atoms with E-state index in [0.29, 0.717) is 27.3 Å². The van der Waals surface area contributed by atoms with E-state index in [2.05, 4.69) is 0 Å². The molecule has 0 saturated heterocycles. The molecule has 0 heterocycles. The number of hydrogen-bond acceptors (Lipinski definition) is 3. The molecule has 64 valence electrons. The Labute approximate surface area is 88.5 Å². The molecule has 0 aliphatic carbocycles. The summed E-state index contributed by atoms with van der Waals surface area (Å²) in [5, 5.41) is 8.69. The lowest BCUT2D eigenvalue weighted by Gasteiger charge is -1.99. The van der Waals surface area contributed by atoms with Gasteiger partial charge in [-0.3, -0.25) is 9.59 Å². The quantitative estimate of drug-likeness (QED) is 0.615. The fourth-order valence-corrected chi connectivity index (χ4v) is 1.72. The van der Waals surface area contributed by atoms with E-state index in [1.807, 2.05) is 28.7 Å². The van der Waals surface area contributed by atoms with Gasteiger partial charge in [0.2, 0.25) is 0 Å². The SMILES string of the molecule is N#Cc1c(I)cc(C=O)cc1C=O. The number of carbonyl (C=O) groups is 2. The zero-order valence-corrected chi connectivity index (χ0v) is 8.61. The predicted octanol–water partition coefficient (Wildman–Crippen LogP) is 1.79. The van der Waals surface area contributed by atoms with Gasteiger partial charge in [0.15, 0.2) is 6.29 Å². The number of halogens is 1. The summed E-state index contributed by atoms with van der Waals surface area (Å²) in [7, 11) is 0. The molecule has 0 amide bonds. The zero-order chi connectivity index (χ0) is 9.84. The maximum Gasteiger partial charge on any atom is 0.151 e. The molecule has 0 aliphatic rings. The van der Waals surface area contributed by atoms with Gasteiger partial charge in [0.05, 0.1) is 5.56 Å². The fraction of sp³-hybridized carbons (Fsp3) is 0. The van der Waals surface area contributed by atoms with Gasteiger partial charge in [-0.05, 0) is 34.7 Å². The third-order valence-electron chi connectivity index (χ3n) is 1.52. The van der Waals surface area contributed by atoms with Crippen LogP contribution >= 0.6 is 22.6 Å². The van der Waals surface area contributed by atoms with Gasteiger partial charge in [0.25, 0.3) is 0 Å². The fourth-order valence-electron chi connectivity index (χ4n) is 0.929. The van der Waals surface area contributed by atoms with E-state index in [4.69, 9.17) is 5.26 Å². The Kier molecular flexibility index (Phi) is 3.14. The summed E-state index contributed by atoms with van der Waals surface area (Å²) >= 11 is 1.92. The monoisotopic (exact) mass is 285 g/mol. The molecule has 0 aliphatic heterocycles. The molecule has 4 heteroatoms. The molecule has 0 N–H and O–H groups in total. The highest BCUT2D eigenvalue weighted by Gasteiger charge is 2.07. The summed E-state index contributed by atoms with van der Waals surface area (Å²) in [4.78, 5) is 21.0. The second-order valence-corrected chi connectivity index (χ2v) is 3.48. The third kappa shape index (κ3) is 1.92. The summed E-state index contributed by atoms with van der Waals surface area (Å²) in [6, 6.07) is 4.88. The van der Waals surface area contributed by atoms with Gasteiger partial charge in [-0.25, -0.2) is 0 Å². The van der Waals surface area contributed by atoms with Crippen LogP contribution in [0.3, 0.4) is 0 Å². The van der Waals surface area contributed by atoms with Crippen LogP contribution in [-0.4, -0.2) is 12.6 Å². The Morgan fingerprint density at radius 2 is 2.00 bits per heavy atom. The number of benzene rings is 1. The highest BCUT2D eigenvalue weighted by molar-refractivity contribution is 14.1. The number of nitrogens with zero attached hydrogens (tertiary/aromatic N) is 1. The maximum atomic E-state index is 10.5. The highest BCUT2D eigenvalue weighted by Crippen LogP contribution is 2.16. The number of rotatable bonds is 2. The molecule has 0 saturated carbocycles. The van der Waals surface area contributed by atoms with Gasteiger partial charge in [0.1, 0.15) is 12.4 Å². The van der Waals surface area contributed by atoms with Crippen molar-refractivity contribution in [3.8, 4) is 6.07 Å². The van der Waals surface area contributed by atoms with Crippen LogP contribution in [-0.2, 0) is 0 Å². The molecular formula is C9H4INO2. The van der Waals surface area contributed by atoms with Gasteiger partial charge in [-0.15, -0.1) is 0 Å². The van der Waals surface area contributed by atoms with Crippen molar-refractivity contribution in [2.24, 2.45) is 0 Å². The average molecular weight is 285 g/mol. The van der Waals surface area contributed by atoms with Crippen LogP contribution in [0, 0.1) is 14.9 Å². The summed E-state index contributed by atoms with van der Waals surface area (Å²) in [5.41, 5.74) is 0.989. The summed E-state index contributed by atoms with van der Waals surface area (Å²) in [6.07, 6.45) is 1.23. The van der Waals surface area contributed by atoms with E-state index in [0.717, 1.165) is 0 Å². The first-order chi connectivity index (χ1) is 6.22. The van der Waals surface area contributed by atoms with Gasteiger partial charge >= 0.3 is 0 Å². The largest absolute Gasteiger partial charge is 0.298 e. The van der Waals surface area contributed by atoms with Crippen molar-refractivity contribution in [1.29, 1.82) is 5.26 Å². The lowest BCUT2D eigenvalue weighted by atomic mass is 10.1. The van der Waals surface area contributed by atoms with Crippen LogP contribution in [0.2, 0.25) is 0 Å². The number of hydrogen-bond donors (Lipinski definition) is 0. The second kappa shape index (κ2) is 4.14. The van der Waals surface area contributed by atoms with Gasteiger partial charge < -0.3 is 0 Å². The van der Waals surface area contributed by atoms with Crippen molar-refractivity contribution < 1.29 is 9.59 Å². The van der Waals surface area contributed by atoms with Gasteiger partial charge in [-0.1, -0.05) is 0 Å². The Bertz CT molecular complexity index is 407. The first-order valence-corrected chi connectivity index (χ1v) is 4.44. The topological polar surface area (TPSA) is 57.9 Å². The van der Waals surface area contributed by atoms with E-state index < -0.39 is 0 Å². The molecule has 13 heavy (non-hydrogen) atoms. The van der Waals surface area contributed by atoms with Gasteiger partial charge in [-0.2, -0.15) is 5.26 Å². The number of aldehydes is 2. The molecule has 0 radical (unpaired) electrons. The molecule has 0 fully saturated rings. The minimum absolute atomic E-state index is 0.261. The zero-order valence-electron chi connectivity index (χ0n) is 6.45. The van der Waals surface area contributed by atoms with E-state index in [-0.39, 0.29) is 5.56 Å². The van der Waals surface area contributed by atoms with Crippen LogP contribution in [0.15, 0.2) is 12.1 Å². The molecule has 1 rings (SSSR count). The van der Waals surface area contributed by atoms with Gasteiger partial charge in [0, 0.05) is 14.7 Å². The summed E-state index contributed by atoms with van der Waals surface area (Å²) in [5.74, 6) is 0. The predicted molar refractivity (Wildman–Crippen MR) is 54.6 cm³/mol. The van der Waals surface area contributed by atoms with Crippen molar-refractivity contribution in [3.63, 3.8) is 0 Å². The standard InChI is InChI=1S/C9H4INO2/c10-9-2-6(4-12)1-7(5-13)8(9)3-11/h1-2,4-5H. The molecule has 0 atom stereocenters. The molecule has 0 spiro atoms. The summed E-state index contributed by atoms with van der Waals surface area (Å²) in [6.45, 7) is 0. The molecule has 0 unspecified atom stereocenters. The van der Waals surface area contributed by atoms with E-state index in [1.165, 1.54) is 6.07 Å². The molecule has 3 nitrogen and oxygen atoms in total. The van der Waals surface area contributed by atoms with E-state index >= 15 is 0 Å². The maximum absolute atomic E-state index is 10.5. The van der Waals surface area contributed by atoms with Crippen molar-refractivity contribution in [1.82, 2.24) is 0 Å². The molecule has 1 aromatic carbocycles. The van der Waals surface area contributed by atoms with Crippen LogP contribution in [0.4, 0.5) is 0 Å². The normalized spacial score (nSPS) is 8.92. The minimum atomic E-state index is 0.261. The van der Waals surface area contributed by atoms with Crippen LogP contribution in [0.1, 0.15) is 26.3 Å². The summed E-state index contributed by atoms with van der Waals surface area (Å²) < 4.78 is 0.617. The van der Waals surface area contributed by atoms with E-state index in [9.17, 15) is 9.59 Å². The molecule has 0 bridgehead atoms. The number of carbonyl (C=O) groups excluding carboxylic acids is 2. The van der Waals surface area contributed by atoms with Crippen LogP contribution < -0.4 is 0 Å². The van der Waals surface area contributed by atoms with Crippen molar-refractivity contribution in [2.75, 3.05) is 0 Å². The molecule has 1 aromatic rings. The Hall–Kier alpha value is -1.22. The lowest BCUT2D eigenvalue weighted by Crippen LogP contribution is -1.94. The molecular weight excluding hydrogens is 281 g/mol. The Morgan fingerprint density at radius 3 is 2.46 bits per heavy atom. The second-order valence-electron chi connectivity index (χ2n) is 2.31. The third-order valence-corrected chi connectivity index (χ3v) is 2.37. The number of nitriles is 1. The Morgan fingerprint density at radius 1 is 1.31 bits per heavy atom. The highest BCUT2D eigenvalue weighted by atomic mass is 127. The van der Waals surface area contributed by atoms with E-state index in [1.54, 1.807) is 6.07 Å². The lowest BCUT2D eigenvalue weighted by molar-refractivity contribution is 0.112. The first-order valence-electron chi connectivity index (χ1n) is 3.37. The van der Waals surface area contributed by atoms with Crippen molar-refractivity contribution in [2.45, 2.75) is 0 Å². The average Bonchev–Trinajstić information content (AvgIpc) is 2.16. The first kappa shape index (κ1) is 9.86.